The second-order valence-electron chi connectivity index (χ2n) is 5.71. The average molecular weight is 290 g/mol. The number of unbranched alkanes of at least 4 members (excludes halogenated alkanes) is 2. The summed E-state index contributed by atoms with van der Waals surface area (Å²) in [7, 11) is 0. The Morgan fingerprint density at radius 3 is 2.52 bits per heavy atom. The van der Waals surface area contributed by atoms with Crippen LogP contribution in [0.2, 0.25) is 0 Å². The second-order valence-corrected chi connectivity index (χ2v) is 5.71. The van der Waals surface area contributed by atoms with Gasteiger partial charge in [0.1, 0.15) is 0 Å². The van der Waals surface area contributed by atoms with Gasteiger partial charge in [-0.3, -0.25) is 4.79 Å². The monoisotopic (exact) mass is 290 g/mol. The lowest BCUT2D eigenvalue weighted by molar-refractivity contribution is -0.124. The van der Waals surface area contributed by atoms with E-state index in [1.807, 2.05) is 18.2 Å². The first-order valence-corrected chi connectivity index (χ1v) is 7.91. The molecule has 1 aromatic carbocycles. The SMILES string of the molecule is NCCCCCC(=O)NC1(c2ccccc2)CCOCC1. The molecule has 0 aromatic heterocycles. The lowest BCUT2D eigenvalue weighted by Crippen LogP contribution is -2.49. The highest BCUT2D eigenvalue weighted by atomic mass is 16.5. The quantitative estimate of drug-likeness (QED) is 0.758. The van der Waals surface area contributed by atoms with Gasteiger partial charge in [-0.05, 0) is 37.8 Å². The highest BCUT2D eigenvalue weighted by molar-refractivity contribution is 5.77. The molecule has 3 N–H and O–H groups in total. The van der Waals surface area contributed by atoms with E-state index in [1.165, 1.54) is 5.56 Å². The fourth-order valence-corrected chi connectivity index (χ4v) is 2.90. The average Bonchev–Trinajstić information content (AvgIpc) is 2.53. The molecule has 1 saturated heterocycles. The minimum absolute atomic E-state index is 0.137. The molecule has 1 amide bonds. The molecular weight excluding hydrogens is 264 g/mol. The molecular formula is C17H26N2O2. The van der Waals surface area contributed by atoms with Crippen molar-refractivity contribution in [3.05, 3.63) is 35.9 Å². The number of nitrogens with one attached hydrogen (secondary N) is 1. The van der Waals surface area contributed by atoms with E-state index >= 15 is 0 Å². The zero-order valence-corrected chi connectivity index (χ0v) is 12.6. The standard InChI is InChI=1S/C17H26N2O2/c18-12-6-2-5-9-16(20)19-17(10-13-21-14-11-17)15-7-3-1-4-8-15/h1,3-4,7-8H,2,5-6,9-14,18H2,(H,19,20). The molecule has 1 aliphatic heterocycles. The predicted octanol–water partition coefficient (Wildman–Crippen LogP) is 2.33. The Balaban J connectivity index is 1.98. The van der Waals surface area contributed by atoms with Gasteiger partial charge in [-0.1, -0.05) is 36.8 Å². The van der Waals surface area contributed by atoms with Crippen LogP contribution in [0.15, 0.2) is 30.3 Å². The van der Waals surface area contributed by atoms with Crippen molar-refractivity contribution >= 4 is 5.91 Å². The van der Waals surface area contributed by atoms with E-state index in [0.29, 0.717) is 26.2 Å². The summed E-state index contributed by atoms with van der Waals surface area (Å²) in [6.07, 6.45) is 5.17. The van der Waals surface area contributed by atoms with Gasteiger partial charge in [0, 0.05) is 19.6 Å². The number of carbonyl (C=O) groups excluding carboxylic acids is 1. The van der Waals surface area contributed by atoms with Crippen LogP contribution in [0.1, 0.15) is 44.1 Å². The van der Waals surface area contributed by atoms with Gasteiger partial charge < -0.3 is 15.8 Å². The van der Waals surface area contributed by atoms with Crippen LogP contribution < -0.4 is 11.1 Å². The third-order valence-corrected chi connectivity index (χ3v) is 4.16. The lowest BCUT2D eigenvalue weighted by Gasteiger charge is -2.38. The molecule has 116 valence electrons. The minimum atomic E-state index is -0.259. The molecule has 0 atom stereocenters. The van der Waals surface area contributed by atoms with Crippen LogP contribution in [0.4, 0.5) is 0 Å². The summed E-state index contributed by atoms with van der Waals surface area (Å²) >= 11 is 0. The number of amides is 1. The summed E-state index contributed by atoms with van der Waals surface area (Å²) in [4.78, 5) is 12.3. The summed E-state index contributed by atoms with van der Waals surface area (Å²) < 4.78 is 5.48. The number of carbonyl (C=O) groups is 1. The van der Waals surface area contributed by atoms with E-state index in [0.717, 1.165) is 32.1 Å². The molecule has 2 rings (SSSR count). The number of rotatable bonds is 7. The summed E-state index contributed by atoms with van der Waals surface area (Å²) in [5.74, 6) is 0.137. The number of ether oxygens (including phenoxy) is 1. The predicted molar refractivity (Wildman–Crippen MR) is 83.8 cm³/mol. The minimum Gasteiger partial charge on any atom is -0.381 e. The van der Waals surface area contributed by atoms with Gasteiger partial charge in [0.05, 0.1) is 5.54 Å². The molecule has 0 saturated carbocycles. The van der Waals surface area contributed by atoms with Crippen molar-refractivity contribution in [3.63, 3.8) is 0 Å². The van der Waals surface area contributed by atoms with E-state index in [4.69, 9.17) is 10.5 Å². The molecule has 0 radical (unpaired) electrons. The molecule has 0 unspecified atom stereocenters. The van der Waals surface area contributed by atoms with Crippen molar-refractivity contribution < 1.29 is 9.53 Å². The summed E-state index contributed by atoms with van der Waals surface area (Å²) in [6.45, 7) is 2.09. The Labute approximate surface area is 127 Å². The van der Waals surface area contributed by atoms with Gasteiger partial charge in [-0.2, -0.15) is 0 Å². The fraction of sp³-hybridized carbons (Fsp3) is 0.588. The maximum absolute atomic E-state index is 12.3. The molecule has 21 heavy (non-hydrogen) atoms. The van der Waals surface area contributed by atoms with Gasteiger partial charge in [0.25, 0.3) is 0 Å². The third kappa shape index (κ3) is 4.55. The van der Waals surface area contributed by atoms with Crippen LogP contribution in [0.25, 0.3) is 0 Å². The first kappa shape index (κ1) is 16.0. The van der Waals surface area contributed by atoms with Crippen LogP contribution in [0, 0.1) is 0 Å². The van der Waals surface area contributed by atoms with Gasteiger partial charge in [-0.15, -0.1) is 0 Å². The smallest absolute Gasteiger partial charge is 0.220 e. The van der Waals surface area contributed by atoms with Crippen LogP contribution in [0.3, 0.4) is 0 Å². The van der Waals surface area contributed by atoms with Crippen LogP contribution in [-0.4, -0.2) is 25.7 Å². The van der Waals surface area contributed by atoms with Crippen molar-refractivity contribution in [2.45, 2.75) is 44.1 Å². The molecule has 1 heterocycles. The van der Waals surface area contributed by atoms with Gasteiger partial charge in [0.15, 0.2) is 0 Å². The zero-order valence-electron chi connectivity index (χ0n) is 12.6. The van der Waals surface area contributed by atoms with Crippen molar-refractivity contribution in [1.29, 1.82) is 0 Å². The molecule has 1 fully saturated rings. The van der Waals surface area contributed by atoms with Crippen LogP contribution >= 0.6 is 0 Å². The Kier molecular flexibility index (Phi) is 6.21. The molecule has 0 bridgehead atoms. The Bertz CT molecular complexity index is 428. The van der Waals surface area contributed by atoms with E-state index in [2.05, 4.69) is 17.4 Å². The summed E-state index contributed by atoms with van der Waals surface area (Å²) in [5.41, 5.74) is 6.40. The highest BCUT2D eigenvalue weighted by Crippen LogP contribution is 2.32. The first-order chi connectivity index (χ1) is 10.3. The van der Waals surface area contributed by atoms with Crippen molar-refractivity contribution in [2.24, 2.45) is 5.73 Å². The van der Waals surface area contributed by atoms with Crippen molar-refractivity contribution in [1.82, 2.24) is 5.32 Å². The van der Waals surface area contributed by atoms with E-state index in [9.17, 15) is 4.79 Å². The topological polar surface area (TPSA) is 64.4 Å². The Hall–Kier alpha value is -1.39. The summed E-state index contributed by atoms with van der Waals surface area (Å²) in [5, 5.41) is 3.28. The molecule has 1 aromatic rings. The number of nitrogens with two attached hydrogens (primary N) is 1. The van der Waals surface area contributed by atoms with E-state index in [-0.39, 0.29) is 11.4 Å². The van der Waals surface area contributed by atoms with Crippen LogP contribution in [-0.2, 0) is 15.1 Å². The molecule has 4 heteroatoms. The summed E-state index contributed by atoms with van der Waals surface area (Å²) in [6, 6.07) is 10.3. The van der Waals surface area contributed by atoms with Gasteiger partial charge in [0.2, 0.25) is 5.91 Å². The maximum Gasteiger partial charge on any atom is 0.220 e. The Morgan fingerprint density at radius 2 is 1.86 bits per heavy atom. The lowest BCUT2D eigenvalue weighted by atomic mass is 9.82. The first-order valence-electron chi connectivity index (χ1n) is 7.91. The second kappa shape index (κ2) is 8.15. The maximum atomic E-state index is 12.3. The third-order valence-electron chi connectivity index (χ3n) is 4.16. The number of benzene rings is 1. The van der Waals surface area contributed by atoms with Gasteiger partial charge >= 0.3 is 0 Å². The van der Waals surface area contributed by atoms with E-state index < -0.39 is 0 Å². The normalized spacial score (nSPS) is 17.4. The molecule has 1 aliphatic rings. The zero-order chi connectivity index (χ0) is 15.0. The molecule has 0 spiro atoms. The Morgan fingerprint density at radius 1 is 1.14 bits per heavy atom. The van der Waals surface area contributed by atoms with Gasteiger partial charge in [-0.25, -0.2) is 0 Å². The van der Waals surface area contributed by atoms with E-state index in [1.54, 1.807) is 0 Å². The number of hydrogen-bond donors (Lipinski definition) is 2. The number of hydrogen-bond acceptors (Lipinski definition) is 3. The molecule has 4 nitrogen and oxygen atoms in total. The largest absolute Gasteiger partial charge is 0.381 e. The molecule has 0 aliphatic carbocycles. The van der Waals surface area contributed by atoms with Crippen molar-refractivity contribution in [2.75, 3.05) is 19.8 Å². The van der Waals surface area contributed by atoms with Crippen molar-refractivity contribution in [3.8, 4) is 0 Å². The van der Waals surface area contributed by atoms with Crippen LogP contribution in [0.5, 0.6) is 0 Å². The fourth-order valence-electron chi connectivity index (χ4n) is 2.90. The highest BCUT2D eigenvalue weighted by Gasteiger charge is 2.35.